The minimum Gasteiger partial charge on any atom is -0.277 e. The maximum absolute atomic E-state index is 9.59. The van der Waals surface area contributed by atoms with Crippen LogP contribution in [0.25, 0.3) is 0 Å². The summed E-state index contributed by atoms with van der Waals surface area (Å²) in [5.41, 5.74) is 1.56. The second-order valence-electron chi connectivity index (χ2n) is 0.892. The summed E-state index contributed by atoms with van der Waals surface area (Å²) in [4.78, 5) is 9.59. The van der Waals surface area contributed by atoms with Gasteiger partial charge in [0.1, 0.15) is 0 Å². The van der Waals surface area contributed by atoms with Gasteiger partial charge < -0.3 is 0 Å². The molecule has 0 spiro atoms. The quantitative estimate of drug-likeness (QED) is 0.538. The molecule has 1 aromatic heterocycles. The minimum absolute atomic E-state index is 0.361. The third-order valence-electron chi connectivity index (χ3n) is 0.464. The van der Waals surface area contributed by atoms with Crippen LogP contribution in [0.5, 0.6) is 0 Å². The summed E-state index contributed by atoms with van der Waals surface area (Å²) in [7, 11) is 0. The SMILES string of the molecule is O=[C]Sc1nnn[nH]1. The van der Waals surface area contributed by atoms with E-state index < -0.39 is 0 Å². The molecule has 0 bridgehead atoms. The number of nitrogens with one attached hydrogen (secondary N) is 1. The van der Waals surface area contributed by atoms with Crippen molar-refractivity contribution < 1.29 is 4.79 Å². The van der Waals surface area contributed by atoms with E-state index in [9.17, 15) is 4.79 Å². The van der Waals surface area contributed by atoms with E-state index in [0.717, 1.165) is 11.8 Å². The first-order valence-corrected chi connectivity index (χ1v) is 2.53. The topological polar surface area (TPSA) is 71.5 Å². The molecule has 0 aliphatic heterocycles. The van der Waals surface area contributed by atoms with Crippen LogP contribution in [0.2, 0.25) is 0 Å². The third-order valence-corrected chi connectivity index (χ3v) is 0.914. The molecule has 0 atom stereocenters. The Balaban J connectivity index is 2.62. The molecule has 0 aliphatic rings. The van der Waals surface area contributed by atoms with E-state index in [-0.39, 0.29) is 0 Å². The highest BCUT2D eigenvalue weighted by Gasteiger charge is 1.93. The highest BCUT2D eigenvalue weighted by Crippen LogP contribution is 2.02. The number of hydrogen-bond acceptors (Lipinski definition) is 5. The van der Waals surface area contributed by atoms with E-state index in [0.29, 0.717) is 5.16 Å². The Morgan fingerprint density at radius 2 is 2.62 bits per heavy atom. The first-order valence-electron chi connectivity index (χ1n) is 1.71. The minimum atomic E-state index is 0.361. The molecule has 1 heterocycles. The van der Waals surface area contributed by atoms with Gasteiger partial charge >= 0.3 is 0 Å². The Labute approximate surface area is 48.9 Å². The number of rotatable bonds is 2. The van der Waals surface area contributed by atoms with Gasteiger partial charge in [-0.15, -0.1) is 5.10 Å². The predicted octanol–water partition coefficient (Wildman–Crippen LogP) is -0.641. The molecule has 0 saturated carbocycles. The van der Waals surface area contributed by atoms with E-state index in [2.05, 4.69) is 20.6 Å². The highest BCUT2D eigenvalue weighted by molar-refractivity contribution is 8.11. The summed E-state index contributed by atoms with van der Waals surface area (Å²) in [5, 5.41) is 12.6. The molecular weight excluding hydrogens is 128 g/mol. The fourth-order valence-electron chi connectivity index (χ4n) is 0.233. The maximum atomic E-state index is 9.59. The van der Waals surface area contributed by atoms with Crippen LogP contribution in [0.3, 0.4) is 0 Å². The van der Waals surface area contributed by atoms with Crippen molar-refractivity contribution in [2.24, 2.45) is 0 Å². The number of nitrogens with zero attached hydrogens (tertiary/aromatic N) is 3. The largest absolute Gasteiger partial charge is 0.277 e. The smallest absolute Gasteiger partial charge is 0.274 e. The molecule has 1 N–H and O–H groups in total. The van der Waals surface area contributed by atoms with E-state index in [1.54, 1.807) is 5.62 Å². The summed E-state index contributed by atoms with van der Waals surface area (Å²) in [6.07, 6.45) is 0. The standard InChI is InChI=1S/C2HN4OS/c7-1-8-2-3-5-6-4-2/h(H,3,4,5,6). The molecule has 1 rings (SSSR count). The van der Waals surface area contributed by atoms with Gasteiger partial charge in [0.05, 0.1) is 0 Å². The van der Waals surface area contributed by atoms with Crippen molar-refractivity contribution in [2.45, 2.75) is 5.16 Å². The zero-order chi connectivity index (χ0) is 5.82. The summed E-state index contributed by atoms with van der Waals surface area (Å²) < 4.78 is 0. The number of hydrogen-bond donors (Lipinski definition) is 1. The van der Waals surface area contributed by atoms with Gasteiger partial charge in [-0.25, -0.2) is 5.10 Å². The van der Waals surface area contributed by atoms with Gasteiger partial charge in [-0.2, -0.15) is 0 Å². The fourth-order valence-corrected chi connectivity index (χ4v) is 0.476. The molecular formula is C2HN4OS. The first kappa shape index (κ1) is 5.23. The predicted molar refractivity (Wildman–Crippen MR) is 25.7 cm³/mol. The number of carbonyl (C=O) groups excluding carboxylic acids is 1. The third kappa shape index (κ3) is 1.03. The second kappa shape index (κ2) is 2.41. The molecule has 0 aliphatic carbocycles. The van der Waals surface area contributed by atoms with Crippen LogP contribution < -0.4 is 0 Å². The van der Waals surface area contributed by atoms with Crippen LogP contribution in [-0.4, -0.2) is 26.2 Å². The molecule has 0 amide bonds. The molecule has 0 fully saturated rings. The lowest BCUT2D eigenvalue weighted by atomic mass is 11.4. The number of tetrazole rings is 1. The van der Waals surface area contributed by atoms with Gasteiger partial charge in [0.25, 0.3) is 5.62 Å². The zero-order valence-electron chi connectivity index (χ0n) is 3.66. The Hall–Kier alpha value is -0.910. The zero-order valence-corrected chi connectivity index (χ0v) is 4.47. The molecule has 0 unspecified atom stereocenters. The molecule has 8 heavy (non-hydrogen) atoms. The maximum Gasteiger partial charge on any atom is 0.274 e. The van der Waals surface area contributed by atoms with E-state index >= 15 is 0 Å². The monoisotopic (exact) mass is 129 g/mol. The average molecular weight is 129 g/mol. The molecule has 41 valence electrons. The van der Waals surface area contributed by atoms with Gasteiger partial charge in [-0.3, -0.25) is 4.79 Å². The van der Waals surface area contributed by atoms with Crippen molar-refractivity contribution in [3.63, 3.8) is 0 Å². The molecule has 6 heteroatoms. The van der Waals surface area contributed by atoms with Gasteiger partial charge in [0.2, 0.25) is 5.16 Å². The Kier molecular flexibility index (Phi) is 1.58. The average Bonchev–Trinajstić information content (AvgIpc) is 2.19. The van der Waals surface area contributed by atoms with E-state index in [1.165, 1.54) is 0 Å². The lowest BCUT2D eigenvalue weighted by Crippen LogP contribution is -1.71. The first-order chi connectivity index (χ1) is 3.93. The number of H-pyrrole nitrogens is 1. The number of aromatic nitrogens is 4. The van der Waals surface area contributed by atoms with Gasteiger partial charge in [0, 0.05) is 0 Å². The van der Waals surface area contributed by atoms with Gasteiger partial charge in [-0.1, -0.05) is 0 Å². The molecule has 1 aromatic rings. The van der Waals surface area contributed by atoms with Crippen LogP contribution in [0.1, 0.15) is 0 Å². The van der Waals surface area contributed by atoms with Crippen molar-refractivity contribution in [1.29, 1.82) is 0 Å². The number of aromatic amines is 1. The van der Waals surface area contributed by atoms with Gasteiger partial charge in [-0.05, 0) is 22.2 Å². The van der Waals surface area contributed by atoms with Crippen LogP contribution in [-0.2, 0) is 4.79 Å². The van der Waals surface area contributed by atoms with Crippen molar-refractivity contribution >= 4 is 17.4 Å². The lowest BCUT2D eigenvalue weighted by Gasteiger charge is -1.72. The Morgan fingerprint density at radius 1 is 1.75 bits per heavy atom. The number of thioether (sulfide) groups is 1. The van der Waals surface area contributed by atoms with Gasteiger partial charge in [0.15, 0.2) is 0 Å². The molecule has 5 nitrogen and oxygen atoms in total. The van der Waals surface area contributed by atoms with E-state index in [4.69, 9.17) is 0 Å². The second-order valence-corrected chi connectivity index (χ2v) is 1.65. The van der Waals surface area contributed by atoms with Crippen molar-refractivity contribution in [3.8, 4) is 0 Å². The molecule has 1 radical (unpaired) electrons. The van der Waals surface area contributed by atoms with E-state index in [1.807, 2.05) is 0 Å². The summed E-state index contributed by atoms with van der Waals surface area (Å²) in [6.45, 7) is 0. The Morgan fingerprint density at radius 3 is 3.12 bits per heavy atom. The molecule has 0 aromatic carbocycles. The molecule has 0 saturated heterocycles. The lowest BCUT2D eigenvalue weighted by molar-refractivity contribution is 0.570. The van der Waals surface area contributed by atoms with Crippen LogP contribution in [0, 0.1) is 0 Å². The normalized spacial score (nSPS) is 9.00. The summed E-state index contributed by atoms with van der Waals surface area (Å²) >= 11 is 0.785. The van der Waals surface area contributed by atoms with Crippen molar-refractivity contribution in [2.75, 3.05) is 0 Å². The summed E-state index contributed by atoms with van der Waals surface area (Å²) in [5.74, 6) is 0. The van der Waals surface area contributed by atoms with Crippen LogP contribution >= 0.6 is 11.8 Å². The van der Waals surface area contributed by atoms with Crippen LogP contribution in [0.15, 0.2) is 5.16 Å². The Bertz CT molecular complexity index is 161. The fraction of sp³-hybridized carbons (Fsp3) is 0. The van der Waals surface area contributed by atoms with Crippen molar-refractivity contribution in [3.05, 3.63) is 0 Å². The van der Waals surface area contributed by atoms with Crippen LogP contribution in [0.4, 0.5) is 0 Å². The van der Waals surface area contributed by atoms with Crippen molar-refractivity contribution in [1.82, 2.24) is 20.6 Å². The highest BCUT2D eigenvalue weighted by atomic mass is 32.2. The summed E-state index contributed by atoms with van der Waals surface area (Å²) in [6, 6.07) is 0.